The Labute approximate surface area is 130 Å². The van der Waals surface area contributed by atoms with Crippen molar-refractivity contribution in [3.8, 4) is 0 Å². The van der Waals surface area contributed by atoms with Crippen LogP contribution in [0.5, 0.6) is 0 Å². The molecule has 0 fully saturated rings. The van der Waals surface area contributed by atoms with Crippen LogP contribution in [0.2, 0.25) is 5.02 Å². The molecule has 19 heavy (non-hydrogen) atoms. The molecule has 0 aliphatic heterocycles. The van der Waals surface area contributed by atoms with Gasteiger partial charge >= 0.3 is 0 Å². The Morgan fingerprint density at radius 2 is 1.63 bits per heavy atom. The average Bonchev–Trinajstić information content (AvgIpc) is 2.33. The van der Waals surface area contributed by atoms with Gasteiger partial charge in [-0.05, 0) is 40.2 Å². The summed E-state index contributed by atoms with van der Waals surface area (Å²) in [5, 5.41) is 10.3. The summed E-state index contributed by atoms with van der Waals surface area (Å²) in [5.41, 5.74) is -0.0880. The summed E-state index contributed by atoms with van der Waals surface area (Å²) in [6, 6.07) is 6.57. The number of hydrogen-bond donors (Lipinski definition) is 1. The lowest BCUT2D eigenvalue weighted by atomic mass is 10.0. The van der Waals surface area contributed by atoms with Gasteiger partial charge in [0.05, 0.1) is 5.02 Å². The largest absolute Gasteiger partial charge is 0.383 e. The zero-order chi connectivity index (χ0) is 14.2. The van der Waals surface area contributed by atoms with Gasteiger partial charge in [-0.25, -0.2) is 8.78 Å². The van der Waals surface area contributed by atoms with E-state index < -0.39 is 17.7 Å². The minimum Gasteiger partial charge on any atom is -0.383 e. The van der Waals surface area contributed by atoms with Gasteiger partial charge in [0.25, 0.3) is 0 Å². The first-order valence-electron chi connectivity index (χ1n) is 5.17. The number of halogens is 5. The molecule has 0 radical (unpaired) electrons. The molecule has 0 aliphatic carbocycles. The molecule has 0 aliphatic rings. The van der Waals surface area contributed by atoms with Gasteiger partial charge in [-0.2, -0.15) is 0 Å². The van der Waals surface area contributed by atoms with E-state index in [-0.39, 0.29) is 16.1 Å². The van der Waals surface area contributed by atoms with Crippen LogP contribution in [0.3, 0.4) is 0 Å². The molecule has 0 saturated heterocycles. The summed E-state index contributed by atoms with van der Waals surface area (Å²) in [7, 11) is 0. The van der Waals surface area contributed by atoms with Crippen molar-refractivity contribution in [2.45, 2.75) is 6.10 Å². The maximum Gasteiger partial charge on any atom is 0.130 e. The summed E-state index contributed by atoms with van der Waals surface area (Å²) in [4.78, 5) is 0. The van der Waals surface area contributed by atoms with Gasteiger partial charge in [0.1, 0.15) is 17.7 Å². The van der Waals surface area contributed by atoms with E-state index >= 15 is 0 Å². The fourth-order valence-electron chi connectivity index (χ4n) is 1.64. The van der Waals surface area contributed by atoms with Crippen LogP contribution >= 0.6 is 43.5 Å². The van der Waals surface area contributed by atoms with Gasteiger partial charge in [0.2, 0.25) is 0 Å². The van der Waals surface area contributed by atoms with Gasteiger partial charge in [-0.3, -0.25) is 0 Å². The number of aliphatic hydroxyl groups excluding tert-OH is 1. The Balaban J connectivity index is 2.49. The highest BCUT2D eigenvalue weighted by atomic mass is 79.9. The lowest BCUT2D eigenvalue weighted by molar-refractivity contribution is 0.209. The molecule has 1 nitrogen and oxygen atoms in total. The van der Waals surface area contributed by atoms with Crippen LogP contribution in [0, 0.1) is 11.6 Å². The highest BCUT2D eigenvalue weighted by molar-refractivity contribution is 9.10. The van der Waals surface area contributed by atoms with Crippen LogP contribution in [-0.4, -0.2) is 5.11 Å². The van der Waals surface area contributed by atoms with Crippen molar-refractivity contribution in [3.63, 3.8) is 0 Å². The average molecular weight is 412 g/mol. The highest BCUT2D eigenvalue weighted by Crippen LogP contribution is 2.33. The molecule has 2 aromatic carbocycles. The first-order valence-corrected chi connectivity index (χ1v) is 7.14. The third-order valence-corrected chi connectivity index (χ3v) is 4.28. The number of aliphatic hydroxyl groups is 1. The van der Waals surface area contributed by atoms with E-state index in [9.17, 15) is 13.9 Å². The lowest BCUT2D eigenvalue weighted by Gasteiger charge is -2.14. The third-order valence-electron chi connectivity index (χ3n) is 2.59. The van der Waals surface area contributed by atoms with E-state index in [1.807, 2.05) is 0 Å². The zero-order valence-electron chi connectivity index (χ0n) is 9.30. The maximum atomic E-state index is 13.8. The highest BCUT2D eigenvalue weighted by Gasteiger charge is 2.20. The molecule has 6 heteroatoms. The SMILES string of the molecule is OC(c1ccc(Br)cc1F)c1cc(Cl)c(Br)cc1F. The molecular weight excluding hydrogens is 405 g/mol. The van der Waals surface area contributed by atoms with Gasteiger partial charge in [0.15, 0.2) is 0 Å². The van der Waals surface area contributed by atoms with Crippen molar-refractivity contribution in [3.05, 3.63) is 67.1 Å². The Morgan fingerprint density at radius 3 is 2.26 bits per heavy atom. The maximum absolute atomic E-state index is 13.8. The molecule has 1 atom stereocenters. The quantitative estimate of drug-likeness (QED) is 0.670. The smallest absolute Gasteiger partial charge is 0.130 e. The van der Waals surface area contributed by atoms with E-state index in [4.69, 9.17) is 11.6 Å². The summed E-state index contributed by atoms with van der Waals surface area (Å²) in [6.45, 7) is 0. The van der Waals surface area contributed by atoms with E-state index in [0.29, 0.717) is 8.95 Å². The molecule has 0 spiro atoms. The molecule has 2 aromatic rings. The van der Waals surface area contributed by atoms with Crippen molar-refractivity contribution < 1.29 is 13.9 Å². The molecule has 0 heterocycles. The van der Waals surface area contributed by atoms with Gasteiger partial charge in [-0.15, -0.1) is 0 Å². The molecule has 0 amide bonds. The predicted octanol–water partition coefficient (Wildman–Crippen LogP) is 5.22. The number of hydrogen-bond acceptors (Lipinski definition) is 1. The van der Waals surface area contributed by atoms with Crippen molar-refractivity contribution in [1.82, 2.24) is 0 Å². The minimum absolute atomic E-state index is 0.0134. The summed E-state index contributed by atoms with van der Waals surface area (Å²) in [6.07, 6.45) is -1.42. The third kappa shape index (κ3) is 3.16. The molecule has 1 N–H and O–H groups in total. The van der Waals surface area contributed by atoms with Crippen LogP contribution < -0.4 is 0 Å². The van der Waals surface area contributed by atoms with Gasteiger partial charge in [-0.1, -0.05) is 33.6 Å². The van der Waals surface area contributed by atoms with Crippen LogP contribution in [0.15, 0.2) is 39.3 Å². The standard InChI is InChI=1S/C13H7Br2ClF2O/c14-6-1-2-7(11(17)3-6)13(19)8-4-10(16)9(15)5-12(8)18/h1-5,13,19H. The van der Waals surface area contributed by atoms with Crippen LogP contribution in [0.1, 0.15) is 17.2 Å². The van der Waals surface area contributed by atoms with E-state index in [1.54, 1.807) is 6.07 Å². The van der Waals surface area contributed by atoms with Gasteiger partial charge < -0.3 is 5.11 Å². The summed E-state index contributed by atoms with van der Waals surface area (Å²) < 4.78 is 28.5. The molecule has 0 bridgehead atoms. The van der Waals surface area contributed by atoms with Crippen molar-refractivity contribution in [2.75, 3.05) is 0 Å². The van der Waals surface area contributed by atoms with E-state index in [0.717, 1.165) is 6.07 Å². The van der Waals surface area contributed by atoms with Crippen molar-refractivity contribution in [2.24, 2.45) is 0 Å². The van der Waals surface area contributed by atoms with Crippen molar-refractivity contribution in [1.29, 1.82) is 0 Å². The van der Waals surface area contributed by atoms with Crippen LogP contribution in [-0.2, 0) is 0 Å². The second-order valence-corrected chi connectivity index (χ2v) is 6.03. The number of rotatable bonds is 2. The molecule has 0 aromatic heterocycles. The Bertz CT molecular complexity index is 634. The Hall–Kier alpha value is -0.490. The zero-order valence-corrected chi connectivity index (χ0v) is 13.2. The summed E-state index contributed by atoms with van der Waals surface area (Å²) >= 11 is 12.0. The topological polar surface area (TPSA) is 20.2 Å². The fraction of sp³-hybridized carbons (Fsp3) is 0.0769. The Morgan fingerprint density at radius 1 is 1.00 bits per heavy atom. The molecular formula is C13H7Br2ClF2O. The minimum atomic E-state index is -1.42. The van der Waals surface area contributed by atoms with Crippen LogP contribution in [0.25, 0.3) is 0 Å². The second kappa shape index (κ2) is 5.87. The van der Waals surface area contributed by atoms with E-state index in [1.165, 1.54) is 18.2 Å². The lowest BCUT2D eigenvalue weighted by Crippen LogP contribution is -2.05. The Kier molecular flexibility index (Phi) is 4.61. The first kappa shape index (κ1) is 14.9. The molecule has 2 rings (SSSR count). The number of benzene rings is 2. The molecule has 1 unspecified atom stereocenters. The monoisotopic (exact) mass is 410 g/mol. The predicted molar refractivity (Wildman–Crippen MR) is 77.3 cm³/mol. The van der Waals surface area contributed by atoms with Crippen LogP contribution in [0.4, 0.5) is 8.78 Å². The first-order chi connectivity index (χ1) is 8.90. The van der Waals surface area contributed by atoms with Crippen molar-refractivity contribution >= 4 is 43.5 Å². The molecule has 0 saturated carbocycles. The van der Waals surface area contributed by atoms with Gasteiger partial charge in [0, 0.05) is 20.1 Å². The molecule has 100 valence electrons. The normalized spacial score (nSPS) is 12.5. The van der Waals surface area contributed by atoms with E-state index in [2.05, 4.69) is 31.9 Å². The second-order valence-electron chi connectivity index (χ2n) is 3.86. The fourth-order valence-corrected chi connectivity index (χ4v) is 2.46. The summed E-state index contributed by atoms with van der Waals surface area (Å²) in [5.74, 6) is -1.29.